The Balaban J connectivity index is 1.23. The third kappa shape index (κ3) is 6.04. The smallest absolute Gasteiger partial charge is 0.324 e. The molecule has 0 atom stereocenters. The average Bonchev–Trinajstić information content (AvgIpc) is 3.62. The average molecular weight is 548 g/mol. The molecule has 39 heavy (non-hydrogen) atoms. The van der Waals surface area contributed by atoms with Gasteiger partial charge in [-0.15, -0.1) is 0 Å². The number of rotatable bonds is 9. The van der Waals surface area contributed by atoms with Gasteiger partial charge in [0.25, 0.3) is 0 Å². The van der Waals surface area contributed by atoms with E-state index in [1.54, 1.807) is 6.07 Å². The molecule has 5 aromatic rings. The van der Waals surface area contributed by atoms with E-state index < -0.39 is 6.03 Å². The van der Waals surface area contributed by atoms with Gasteiger partial charge in [-0.2, -0.15) is 0 Å². The summed E-state index contributed by atoms with van der Waals surface area (Å²) in [5.74, 6) is 1.70. The highest BCUT2D eigenvalue weighted by molar-refractivity contribution is 7.23. The van der Waals surface area contributed by atoms with Crippen LogP contribution in [0.15, 0.2) is 53.2 Å². The standard InChI is InChI=1S/C28H33N7O3S/c1-6-34(7-2)14-15-37-24-13-12-21-25(32-24)39-27-30-20(17-35(21)27)18-8-10-19(11-9-18)29-26(36)31-23-16-22(38-33-23)28(3,4)5/h8-13,16-17H,6-7,14-15H2,1-5H3,(H2,29,31,33,36). The number of likely N-dealkylation sites (N-methyl/N-ethyl adjacent to an activating group) is 1. The van der Waals surface area contributed by atoms with Gasteiger partial charge < -0.3 is 19.5 Å². The molecule has 10 nitrogen and oxygen atoms in total. The summed E-state index contributed by atoms with van der Waals surface area (Å²) in [6, 6.07) is 12.8. The number of carbonyl (C=O) groups excluding carboxylic acids is 1. The van der Waals surface area contributed by atoms with E-state index in [4.69, 9.17) is 14.2 Å². The number of pyridine rings is 1. The molecular weight excluding hydrogens is 514 g/mol. The summed E-state index contributed by atoms with van der Waals surface area (Å²) in [6.07, 6.45) is 2.00. The van der Waals surface area contributed by atoms with Crippen LogP contribution in [0.5, 0.6) is 5.88 Å². The van der Waals surface area contributed by atoms with Gasteiger partial charge in [-0.3, -0.25) is 9.72 Å². The van der Waals surface area contributed by atoms with Crippen LogP contribution in [0.25, 0.3) is 26.6 Å². The van der Waals surface area contributed by atoms with E-state index in [1.807, 2.05) is 67.8 Å². The zero-order valence-corrected chi connectivity index (χ0v) is 23.6. The Morgan fingerprint density at radius 2 is 1.85 bits per heavy atom. The van der Waals surface area contributed by atoms with Crippen molar-refractivity contribution in [1.29, 1.82) is 0 Å². The number of anilines is 2. The van der Waals surface area contributed by atoms with Gasteiger partial charge in [0, 0.05) is 41.5 Å². The number of hydrogen-bond donors (Lipinski definition) is 2. The Morgan fingerprint density at radius 3 is 2.54 bits per heavy atom. The van der Waals surface area contributed by atoms with Gasteiger partial charge in [-0.05, 0) is 31.3 Å². The van der Waals surface area contributed by atoms with Crippen LogP contribution in [0, 0.1) is 0 Å². The molecule has 0 aliphatic carbocycles. The van der Waals surface area contributed by atoms with Gasteiger partial charge in [-0.25, -0.2) is 14.8 Å². The number of amides is 2. The van der Waals surface area contributed by atoms with Crippen molar-refractivity contribution in [3.63, 3.8) is 0 Å². The fourth-order valence-corrected chi connectivity index (χ4v) is 5.07. The lowest BCUT2D eigenvalue weighted by Gasteiger charge is -2.17. The fraction of sp³-hybridized carbons (Fsp3) is 0.357. The van der Waals surface area contributed by atoms with Crippen molar-refractivity contribution >= 4 is 44.2 Å². The lowest BCUT2D eigenvalue weighted by atomic mass is 9.93. The number of hydrogen-bond acceptors (Lipinski definition) is 8. The second-order valence-corrected chi connectivity index (χ2v) is 11.2. The van der Waals surface area contributed by atoms with Crippen LogP contribution < -0.4 is 15.4 Å². The van der Waals surface area contributed by atoms with Gasteiger partial charge in [0.15, 0.2) is 10.8 Å². The Bertz CT molecular complexity index is 1580. The number of nitrogens with one attached hydrogen (secondary N) is 2. The minimum Gasteiger partial charge on any atom is -0.476 e. The number of fused-ring (bicyclic) bond motifs is 3. The van der Waals surface area contributed by atoms with Crippen molar-refractivity contribution in [3.8, 4) is 17.1 Å². The van der Waals surface area contributed by atoms with Gasteiger partial charge >= 0.3 is 6.03 Å². The normalized spacial score (nSPS) is 11.9. The molecule has 0 spiro atoms. The summed E-state index contributed by atoms with van der Waals surface area (Å²) in [7, 11) is 0. The number of ether oxygens (including phenoxy) is 1. The highest BCUT2D eigenvalue weighted by atomic mass is 32.1. The summed E-state index contributed by atoms with van der Waals surface area (Å²) < 4.78 is 13.2. The monoisotopic (exact) mass is 547 g/mol. The zero-order valence-electron chi connectivity index (χ0n) is 22.8. The third-order valence-electron chi connectivity index (χ3n) is 6.42. The number of aromatic nitrogens is 4. The molecule has 0 saturated heterocycles. The molecule has 0 bridgehead atoms. The molecule has 0 radical (unpaired) electrons. The van der Waals surface area contributed by atoms with E-state index in [0.717, 1.165) is 46.2 Å². The maximum absolute atomic E-state index is 12.4. The number of nitrogens with zero attached hydrogens (tertiary/aromatic N) is 5. The minimum atomic E-state index is -0.394. The van der Waals surface area contributed by atoms with E-state index in [-0.39, 0.29) is 5.41 Å². The molecule has 0 aliphatic rings. The third-order valence-corrected chi connectivity index (χ3v) is 7.38. The largest absolute Gasteiger partial charge is 0.476 e. The van der Waals surface area contributed by atoms with E-state index in [2.05, 4.69) is 39.5 Å². The molecule has 5 rings (SSSR count). The molecule has 0 aliphatic heterocycles. The van der Waals surface area contributed by atoms with Crippen LogP contribution in [0.3, 0.4) is 0 Å². The van der Waals surface area contributed by atoms with Gasteiger partial charge in [0.1, 0.15) is 17.2 Å². The molecular formula is C28H33N7O3S. The van der Waals surface area contributed by atoms with Crippen molar-refractivity contribution in [2.75, 3.05) is 36.9 Å². The molecule has 0 unspecified atom stereocenters. The van der Waals surface area contributed by atoms with Crippen molar-refractivity contribution in [3.05, 3.63) is 54.4 Å². The quantitative estimate of drug-likeness (QED) is 0.224. The van der Waals surface area contributed by atoms with Crippen LogP contribution >= 0.6 is 11.3 Å². The second-order valence-electron chi connectivity index (χ2n) is 10.2. The Hall–Kier alpha value is -3.96. The highest BCUT2D eigenvalue weighted by Crippen LogP contribution is 2.30. The molecule has 1 aromatic carbocycles. The molecule has 11 heteroatoms. The Labute approximate surface area is 231 Å². The van der Waals surface area contributed by atoms with Gasteiger partial charge in [0.2, 0.25) is 5.88 Å². The van der Waals surface area contributed by atoms with Crippen LogP contribution in [-0.2, 0) is 5.41 Å². The van der Waals surface area contributed by atoms with Crippen molar-refractivity contribution in [1.82, 2.24) is 24.4 Å². The van der Waals surface area contributed by atoms with Crippen LogP contribution in [0.4, 0.5) is 16.3 Å². The molecule has 0 saturated carbocycles. The molecule has 204 valence electrons. The van der Waals surface area contributed by atoms with E-state index in [9.17, 15) is 4.79 Å². The van der Waals surface area contributed by atoms with Crippen LogP contribution in [0.2, 0.25) is 0 Å². The molecule has 4 aromatic heterocycles. The number of urea groups is 1. The maximum Gasteiger partial charge on any atom is 0.324 e. The molecule has 2 amide bonds. The molecule has 4 heterocycles. The summed E-state index contributed by atoms with van der Waals surface area (Å²) >= 11 is 1.53. The Kier molecular flexibility index (Phi) is 7.53. The lowest BCUT2D eigenvalue weighted by molar-refractivity contribution is 0.218. The number of imidazole rings is 1. The fourth-order valence-electron chi connectivity index (χ4n) is 4.10. The minimum absolute atomic E-state index is 0.188. The maximum atomic E-state index is 12.4. The summed E-state index contributed by atoms with van der Waals surface area (Å²) in [5, 5.41) is 9.43. The summed E-state index contributed by atoms with van der Waals surface area (Å²) in [4.78, 5) is 25.9. The summed E-state index contributed by atoms with van der Waals surface area (Å²) in [5.41, 5.74) is 3.24. The second kappa shape index (κ2) is 11.0. The van der Waals surface area contributed by atoms with Crippen LogP contribution in [-0.4, -0.2) is 56.7 Å². The number of benzene rings is 1. The van der Waals surface area contributed by atoms with Crippen molar-refractivity contribution < 1.29 is 14.1 Å². The first kappa shape index (κ1) is 26.6. The van der Waals surface area contributed by atoms with Gasteiger partial charge in [0.05, 0.1) is 11.2 Å². The topological polar surface area (TPSA) is 110 Å². The highest BCUT2D eigenvalue weighted by Gasteiger charge is 2.20. The molecule has 0 fully saturated rings. The predicted molar refractivity (Wildman–Crippen MR) is 155 cm³/mol. The van der Waals surface area contributed by atoms with Crippen molar-refractivity contribution in [2.45, 2.75) is 40.0 Å². The van der Waals surface area contributed by atoms with E-state index in [0.29, 0.717) is 29.8 Å². The first-order valence-electron chi connectivity index (χ1n) is 13.0. The van der Waals surface area contributed by atoms with Gasteiger partial charge in [-0.1, -0.05) is 63.2 Å². The lowest BCUT2D eigenvalue weighted by Crippen LogP contribution is -2.28. The number of thiazole rings is 1. The van der Waals surface area contributed by atoms with Crippen LogP contribution in [0.1, 0.15) is 40.4 Å². The predicted octanol–water partition coefficient (Wildman–Crippen LogP) is 6.26. The van der Waals surface area contributed by atoms with E-state index in [1.165, 1.54) is 11.3 Å². The molecule has 2 N–H and O–H groups in total. The van der Waals surface area contributed by atoms with Crippen molar-refractivity contribution in [2.24, 2.45) is 0 Å². The van der Waals surface area contributed by atoms with E-state index >= 15 is 0 Å². The SMILES string of the molecule is CCN(CC)CCOc1ccc2c(n1)sc1nc(-c3ccc(NC(=O)Nc4cc(C(C)(C)C)on4)cc3)cn12. The zero-order chi connectivity index (χ0) is 27.6. The summed E-state index contributed by atoms with van der Waals surface area (Å²) in [6.45, 7) is 13.9. The first-order valence-corrected chi connectivity index (χ1v) is 13.8. The Morgan fingerprint density at radius 1 is 1.08 bits per heavy atom. The first-order chi connectivity index (χ1) is 18.7. The number of carbonyl (C=O) groups is 1.